The van der Waals surface area contributed by atoms with Crippen molar-refractivity contribution in [1.82, 2.24) is 15.2 Å². The third-order valence-corrected chi connectivity index (χ3v) is 6.79. The topological polar surface area (TPSA) is 28.2 Å². The summed E-state index contributed by atoms with van der Waals surface area (Å²) in [6, 6.07) is 0. The zero-order valence-corrected chi connectivity index (χ0v) is 14.7. The molecule has 1 atom stereocenters. The van der Waals surface area contributed by atoms with Gasteiger partial charge >= 0.3 is 0 Å². The van der Waals surface area contributed by atoms with E-state index in [2.05, 4.69) is 43.3 Å². The molecule has 0 bridgehead atoms. The van der Waals surface area contributed by atoms with Gasteiger partial charge in [0, 0.05) is 35.2 Å². The van der Waals surface area contributed by atoms with E-state index in [1.54, 1.807) is 0 Å². The van der Waals surface area contributed by atoms with Crippen LogP contribution in [0.2, 0.25) is 0 Å². The van der Waals surface area contributed by atoms with E-state index in [4.69, 9.17) is 4.98 Å². The molecular weight excluding hydrogens is 278 g/mol. The highest BCUT2D eigenvalue weighted by Crippen LogP contribution is 2.46. The van der Waals surface area contributed by atoms with Crippen molar-refractivity contribution < 1.29 is 0 Å². The van der Waals surface area contributed by atoms with Gasteiger partial charge in [-0.15, -0.1) is 11.3 Å². The molecule has 4 heteroatoms. The van der Waals surface area contributed by atoms with Gasteiger partial charge in [0.25, 0.3) is 0 Å². The Balaban J connectivity index is 1.82. The number of aromatic nitrogens is 1. The fourth-order valence-corrected chi connectivity index (χ4v) is 4.57. The third-order valence-electron chi connectivity index (χ3n) is 5.84. The Kier molecular flexibility index (Phi) is 4.15. The Labute approximate surface area is 133 Å². The maximum absolute atomic E-state index is 4.71. The van der Waals surface area contributed by atoms with E-state index >= 15 is 0 Å². The van der Waals surface area contributed by atoms with Crippen molar-refractivity contribution >= 4 is 11.3 Å². The van der Waals surface area contributed by atoms with E-state index < -0.39 is 0 Å². The molecule has 1 aliphatic heterocycles. The van der Waals surface area contributed by atoms with E-state index in [1.807, 2.05) is 11.3 Å². The van der Waals surface area contributed by atoms with Crippen LogP contribution in [-0.2, 0) is 6.54 Å². The lowest BCUT2D eigenvalue weighted by atomic mass is 9.82. The van der Waals surface area contributed by atoms with Crippen LogP contribution < -0.4 is 5.32 Å². The standard InChI is InChI=1S/C17H29N3S/c1-5-17(6-2)12-20(9-15-19-13(3)10-21-15)16(4,11-18-17)14-7-8-14/h10,14,18H,5-9,11-12H2,1-4H3. The fraction of sp³-hybridized carbons (Fsp3) is 0.824. The minimum absolute atomic E-state index is 0.292. The van der Waals surface area contributed by atoms with Crippen LogP contribution >= 0.6 is 11.3 Å². The quantitative estimate of drug-likeness (QED) is 0.901. The molecule has 3 rings (SSSR count). The second-order valence-electron chi connectivity index (χ2n) is 7.21. The zero-order valence-electron chi connectivity index (χ0n) is 13.9. The molecule has 0 aromatic carbocycles. The minimum Gasteiger partial charge on any atom is -0.308 e. The normalized spacial score (nSPS) is 29.7. The molecule has 0 spiro atoms. The van der Waals surface area contributed by atoms with E-state index in [0.717, 1.165) is 31.2 Å². The first-order valence-corrected chi connectivity index (χ1v) is 9.30. The average Bonchev–Trinajstić information content (AvgIpc) is 3.26. The molecule has 1 N–H and O–H groups in total. The number of hydrogen-bond donors (Lipinski definition) is 1. The van der Waals surface area contributed by atoms with E-state index in [9.17, 15) is 0 Å². The maximum Gasteiger partial charge on any atom is 0.107 e. The molecule has 21 heavy (non-hydrogen) atoms. The zero-order chi connectivity index (χ0) is 15.1. The van der Waals surface area contributed by atoms with Gasteiger partial charge in [0.05, 0.1) is 6.54 Å². The molecule has 3 nitrogen and oxygen atoms in total. The van der Waals surface area contributed by atoms with Crippen LogP contribution in [0, 0.1) is 12.8 Å². The Bertz CT molecular complexity index is 490. The molecule has 2 fully saturated rings. The van der Waals surface area contributed by atoms with Gasteiger partial charge in [0.15, 0.2) is 0 Å². The number of hydrogen-bond acceptors (Lipinski definition) is 4. The summed E-state index contributed by atoms with van der Waals surface area (Å²) >= 11 is 1.82. The van der Waals surface area contributed by atoms with Gasteiger partial charge < -0.3 is 5.32 Å². The fourth-order valence-electron chi connectivity index (χ4n) is 3.79. The summed E-state index contributed by atoms with van der Waals surface area (Å²) in [5.41, 5.74) is 1.77. The van der Waals surface area contributed by atoms with Gasteiger partial charge in [0.2, 0.25) is 0 Å². The lowest BCUT2D eigenvalue weighted by Crippen LogP contribution is -2.69. The Morgan fingerprint density at radius 1 is 1.38 bits per heavy atom. The Hall–Kier alpha value is -0.450. The average molecular weight is 308 g/mol. The van der Waals surface area contributed by atoms with Crippen molar-refractivity contribution in [3.05, 3.63) is 16.1 Å². The SMILES string of the molecule is CCC1(CC)CN(Cc2nc(C)cs2)C(C)(C2CC2)CN1. The summed E-state index contributed by atoms with van der Waals surface area (Å²) in [5, 5.41) is 7.37. The summed E-state index contributed by atoms with van der Waals surface area (Å²) < 4.78 is 0. The van der Waals surface area contributed by atoms with Crippen molar-refractivity contribution in [2.75, 3.05) is 13.1 Å². The molecule has 1 saturated carbocycles. The van der Waals surface area contributed by atoms with E-state index in [0.29, 0.717) is 11.1 Å². The molecular formula is C17H29N3S. The molecule has 2 heterocycles. The van der Waals surface area contributed by atoms with Gasteiger partial charge in [-0.1, -0.05) is 13.8 Å². The minimum atomic E-state index is 0.292. The van der Waals surface area contributed by atoms with E-state index in [1.165, 1.54) is 30.7 Å². The van der Waals surface area contributed by atoms with Gasteiger partial charge in [-0.25, -0.2) is 4.98 Å². The first-order valence-electron chi connectivity index (χ1n) is 8.42. The van der Waals surface area contributed by atoms with Crippen molar-refractivity contribution in [3.63, 3.8) is 0 Å². The van der Waals surface area contributed by atoms with Crippen molar-refractivity contribution in [1.29, 1.82) is 0 Å². The number of aryl methyl sites for hydroxylation is 1. The summed E-state index contributed by atoms with van der Waals surface area (Å²) in [4.78, 5) is 7.45. The molecule has 2 aliphatic rings. The van der Waals surface area contributed by atoms with Crippen molar-refractivity contribution in [3.8, 4) is 0 Å². The first-order chi connectivity index (χ1) is 10.0. The highest BCUT2D eigenvalue weighted by atomic mass is 32.1. The van der Waals surface area contributed by atoms with Gasteiger partial charge in [-0.3, -0.25) is 4.90 Å². The Morgan fingerprint density at radius 2 is 2.10 bits per heavy atom. The molecule has 0 amide bonds. The molecule has 1 aromatic heterocycles. The molecule has 1 unspecified atom stereocenters. The van der Waals surface area contributed by atoms with Gasteiger partial charge in [-0.05, 0) is 45.4 Å². The third kappa shape index (κ3) is 2.90. The van der Waals surface area contributed by atoms with Gasteiger partial charge in [0.1, 0.15) is 5.01 Å². The molecule has 1 aromatic rings. The number of piperazine rings is 1. The lowest BCUT2D eigenvalue weighted by molar-refractivity contribution is -0.00849. The van der Waals surface area contributed by atoms with Crippen LogP contribution in [0.5, 0.6) is 0 Å². The highest BCUT2D eigenvalue weighted by molar-refractivity contribution is 7.09. The lowest BCUT2D eigenvalue weighted by Gasteiger charge is -2.53. The second-order valence-corrected chi connectivity index (χ2v) is 8.15. The van der Waals surface area contributed by atoms with E-state index in [-0.39, 0.29) is 0 Å². The monoisotopic (exact) mass is 307 g/mol. The number of nitrogens with one attached hydrogen (secondary N) is 1. The number of rotatable bonds is 5. The summed E-state index contributed by atoms with van der Waals surface area (Å²) in [6.45, 7) is 12.5. The predicted octanol–water partition coefficient (Wildman–Crippen LogP) is 3.58. The van der Waals surface area contributed by atoms with Crippen LogP contribution in [0.4, 0.5) is 0 Å². The molecule has 118 valence electrons. The number of thiazole rings is 1. The van der Waals surface area contributed by atoms with Crippen LogP contribution in [0.3, 0.4) is 0 Å². The van der Waals surface area contributed by atoms with Crippen molar-refractivity contribution in [2.24, 2.45) is 5.92 Å². The summed E-state index contributed by atoms with van der Waals surface area (Å²) in [6.07, 6.45) is 5.21. The summed E-state index contributed by atoms with van der Waals surface area (Å²) in [5.74, 6) is 0.873. The highest BCUT2D eigenvalue weighted by Gasteiger charge is 2.51. The smallest absolute Gasteiger partial charge is 0.107 e. The second kappa shape index (κ2) is 5.64. The Morgan fingerprint density at radius 3 is 2.62 bits per heavy atom. The number of nitrogens with zero attached hydrogens (tertiary/aromatic N) is 2. The predicted molar refractivity (Wildman–Crippen MR) is 89.7 cm³/mol. The van der Waals surface area contributed by atoms with Crippen molar-refractivity contribution in [2.45, 2.75) is 71.0 Å². The van der Waals surface area contributed by atoms with Crippen LogP contribution in [0.15, 0.2) is 5.38 Å². The summed E-state index contributed by atoms with van der Waals surface area (Å²) in [7, 11) is 0. The molecule has 1 saturated heterocycles. The largest absolute Gasteiger partial charge is 0.308 e. The van der Waals surface area contributed by atoms with Crippen LogP contribution in [0.25, 0.3) is 0 Å². The van der Waals surface area contributed by atoms with Crippen LogP contribution in [-0.4, -0.2) is 34.1 Å². The molecule has 0 radical (unpaired) electrons. The van der Waals surface area contributed by atoms with Crippen LogP contribution in [0.1, 0.15) is 57.2 Å². The molecule has 1 aliphatic carbocycles. The maximum atomic E-state index is 4.71. The first kappa shape index (κ1) is 15.4. The van der Waals surface area contributed by atoms with Gasteiger partial charge in [-0.2, -0.15) is 0 Å².